The summed E-state index contributed by atoms with van der Waals surface area (Å²) < 4.78 is 10.6. The summed E-state index contributed by atoms with van der Waals surface area (Å²) in [4.78, 5) is 0. The minimum Gasteiger partial charge on any atom is -0.493 e. The fourth-order valence-electron chi connectivity index (χ4n) is 3.29. The van der Waals surface area contributed by atoms with Crippen LogP contribution in [0.4, 0.5) is 0 Å². The summed E-state index contributed by atoms with van der Waals surface area (Å²) in [5, 5.41) is 0. The molecule has 3 heteroatoms. The fraction of sp³-hybridized carbons (Fsp3) is 0.647. The van der Waals surface area contributed by atoms with Crippen molar-refractivity contribution < 1.29 is 9.47 Å². The Balaban J connectivity index is 2.07. The van der Waals surface area contributed by atoms with Crippen LogP contribution in [0.15, 0.2) is 18.2 Å². The topological polar surface area (TPSA) is 44.5 Å². The Labute approximate surface area is 122 Å². The Bertz CT molecular complexity index is 425. The van der Waals surface area contributed by atoms with E-state index >= 15 is 0 Å². The summed E-state index contributed by atoms with van der Waals surface area (Å²) in [6.07, 6.45) is 6.44. The predicted molar refractivity (Wildman–Crippen MR) is 82.2 cm³/mol. The van der Waals surface area contributed by atoms with Gasteiger partial charge in [-0.1, -0.05) is 32.3 Å². The van der Waals surface area contributed by atoms with Gasteiger partial charge >= 0.3 is 0 Å². The van der Waals surface area contributed by atoms with Gasteiger partial charge in [0.1, 0.15) is 0 Å². The van der Waals surface area contributed by atoms with Crippen LogP contribution in [-0.2, 0) is 0 Å². The molecule has 1 fully saturated rings. The zero-order valence-corrected chi connectivity index (χ0v) is 12.9. The lowest BCUT2D eigenvalue weighted by molar-refractivity contribution is 0.239. The molecule has 2 rings (SSSR count). The van der Waals surface area contributed by atoms with Gasteiger partial charge in [0.05, 0.1) is 14.2 Å². The van der Waals surface area contributed by atoms with Crippen molar-refractivity contribution in [3.05, 3.63) is 23.8 Å². The van der Waals surface area contributed by atoms with E-state index in [-0.39, 0.29) is 6.04 Å². The van der Waals surface area contributed by atoms with E-state index in [0.717, 1.165) is 23.0 Å². The van der Waals surface area contributed by atoms with Gasteiger partial charge in [-0.3, -0.25) is 0 Å². The maximum Gasteiger partial charge on any atom is 0.161 e. The molecule has 3 nitrogen and oxygen atoms in total. The van der Waals surface area contributed by atoms with Crippen LogP contribution < -0.4 is 15.2 Å². The van der Waals surface area contributed by atoms with Crippen LogP contribution in [-0.4, -0.2) is 14.2 Å². The molecule has 1 aromatic carbocycles. The molecule has 0 amide bonds. The number of hydrogen-bond acceptors (Lipinski definition) is 3. The highest BCUT2D eigenvalue weighted by Crippen LogP contribution is 2.38. The van der Waals surface area contributed by atoms with Gasteiger partial charge in [-0.2, -0.15) is 0 Å². The van der Waals surface area contributed by atoms with Crippen LogP contribution in [0.2, 0.25) is 0 Å². The summed E-state index contributed by atoms with van der Waals surface area (Å²) in [5.41, 5.74) is 7.63. The lowest BCUT2D eigenvalue weighted by Crippen LogP contribution is -2.26. The molecule has 20 heavy (non-hydrogen) atoms. The number of methoxy groups -OCH3 is 2. The van der Waals surface area contributed by atoms with E-state index < -0.39 is 0 Å². The highest BCUT2D eigenvalue weighted by Gasteiger charge is 2.26. The van der Waals surface area contributed by atoms with Crippen molar-refractivity contribution in [1.82, 2.24) is 0 Å². The molecule has 0 spiro atoms. The number of benzene rings is 1. The van der Waals surface area contributed by atoms with Crippen molar-refractivity contribution in [2.75, 3.05) is 14.2 Å². The monoisotopic (exact) mass is 277 g/mol. The van der Waals surface area contributed by atoms with E-state index in [4.69, 9.17) is 15.2 Å². The van der Waals surface area contributed by atoms with Gasteiger partial charge in [0.15, 0.2) is 11.5 Å². The molecule has 1 saturated carbocycles. The SMILES string of the molecule is CCC1CCC(C(N)c2ccc(OC)c(OC)c2)CC1. The molecule has 0 aromatic heterocycles. The summed E-state index contributed by atoms with van der Waals surface area (Å²) >= 11 is 0. The molecule has 0 saturated heterocycles. The van der Waals surface area contributed by atoms with E-state index in [1.165, 1.54) is 32.1 Å². The molecule has 1 atom stereocenters. The van der Waals surface area contributed by atoms with Gasteiger partial charge in [0.25, 0.3) is 0 Å². The quantitative estimate of drug-likeness (QED) is 0.887. The lowest BCUT2D eigenvalue weighted by Gasteiger charge is -2.32. The standard InChI is InChI=1S/C17H27NO2/c1-4-12-5-7-13(8-6-12)17(18)14-9-10-15(19-2)16(11-14)20-3/h9-13,17H,4-8,18H2,1-3H3. The summed E-state index contributed by atoms with van der Waals surface area (Å²) in [7, 11) is 3.32. The first-order chi connectivity index (χ1) is 9.69. The molecule has 1 aliphatic rings. The zero-order valence-electron chi connectivity index (χ0n) is 12.9. The molecule has 0 heterocycles. The number of ether oxygens (including phenoxy) is 2. The third kappa shape index (κ3) is 3.26. The normalized spacial score (nSPS) is 24.2. The molecule has 2 N–H and O–H groups in total. The van der Waals surface area contributed by atoms with Crippen LogP contribution in [0, 0.1) is 11.8 Å². The molecule has 0 aliphatic heterocycles. The van der Waals surface area contributed by atoms with Crippen molar-refractivity contribution in [3.63, 3.8) is 0 Å². The number of nitrogens with two attached hydrogens (primary N) is 1. The van der Waals surface area contributed by atoms with Crippen LogP contribution in [0.3, 0.4) is 0 Å². The summed E-state index contributed by atoms with van der Waals surface area (Å²) in [6.45, 7) is 2.29. The maximum atomic E-state index is 6.48. The van der Waals surface area contributed by atoms with E-state index in [1.54, 1.807) is 14.2 Å². The molecule has 0 bridgehead atoms. The summed E-state index contributed by atoms with van der Waals surface area (Å²) in [6, 6.07) is 6.14. The Morgan fingerprint density at radius 3 is 2.30 bits per heavy atom. The molecular formula is C17H27NO2. The van der Waals surface area contributed by atoms with E-state index in [1.807, 2.05) is 12.1 Å². The first-order valence-electron chi connectivity index (χ1n) is 7.67. The lowest BCUT2D eigenvalue weighted by atomic mass is 9.76. The van der Waals surface area contributed by atoms with Crippen LogP contribution in [0.25, 0.3) is 0 Å². The van der Waals surface area contributed by atoms with Crippen molar-refractivity contribution in [3.8, 4) is 11.5 Å². The minimum absolute atomic E-state index is 0.104. The molecule has 112 valence electrons. The Kier molecular flexibility index (Phi) is 5.30. The van der Waals surface area contributed by atoms with Crippen molar-refractivity contribution >= 4 is 0 Å². The fourth-order valence-corrected chi connectivity index (χ4v) is 3.29. The second kappa shape index (κ2) is 6.98. The Morgan fingerprint density at radius 1 is 1.10 bits per heavy atom. The van der Waals surface area contributed by atoms with Crippen LogP contribution >= 0.6 is 0 Å². The average Bonchev–Trinajstić information content (AvgIpc) is 2.53. The molecule has 1 aliphatic carbocycles. The minimum atomic E-state index is 0.104. The van der Waals surface area contributed by atoms with Crippen LogP contribution in [0.1, 0.15) is 50.6 Å². The molecule has 1 aromatic rings. The van der Waals surface area contributed by atoms with E-state index in [2.05, 4.69) is 13.0 Å². The first-order valence-corrected chi connectivity index (χ1v) is 7.67. The van der Waals surface area contributed by atoms with Gasteiger partial charge in [0, 0.05) is 6.04 Å². The average molecular weight is 277 g/mol. The highest BCUT2D eigenvalue weighted by atomic mass is 16.5. The second-order valence-electron chi connectivity index (χ2n) is 5.83. The Hall–Kier alpha value is -1.22. The third-order valence-electron chi connectivity index (χ3n) is 4.77. The van der Waals surface area contributed by atoms with Gasteiger partial charge < -0.3 is 15.2 Å². The van der Waals surface area contributed by atoms with Crippen LogP contribution in [0.5, 0.6) is 11.5 Å². The summed E-state index contributed by atoms with van der Waals surface area (Å²) in [5.74, 6) is 3.03. The maximum absolute atomic E-state index is 6.48. The zero-order chi connectivity index (χ0) is 14.5. The van der Waals surface area contributed by atoms with E-state index in [0.29, 0.717) is 5.92 Å². The predicted octanol–water partition coefficient (Wildman–Crippen LogP) is 3.92. The smallest absolute Gasteiger partial charge is 0.161 e. The number of rotatable bonds is 5. The van der Waals surface area contributed by atoms with Crippen molar-refractivity contribution in [2.45, 2.75) is 45.1 Å². The second-order valence-corrected chi connectivity index (χ2v) is 5.83. The highest BCUT2D eigenvalue weighted by molar-refractivity contribution is 5.43. The molecule has 1 unspecified atom stereocenters. The van der Waals surface area contributed by atoms with Gasteiger partial charge in [-0.05, 0) is 42.4 Å². The largest absolute Gasteiger partial charge is 0.493 e. The van der Waals surface area contributed by atoms with Gasteiger partial charge in [0.2, 0.25) is 0 Å². The van der Waals surface area contributed by atoms with Crippen molar-refractivity contribution in [1.29, 1.82) is 0 Å². The van der Waals surface area contributed by atoms with Gasteiger partial charge in [-0.15, -0.1) is 0 Å². The first kappa shape index (κ1) is 15.2. The number of hydrogen-bond donors (Lipinski definition) is 1. The van der Waals surface area contributed by atoms with E-state index in [9.17, 15) is 0 Å². The molecular weight excluding hydrogens is 250 g/mol. The third-order valence-corrected chi connectivity index (χ3v) is 4.77. The van der Waals surface area contributed by atoms with Gasteiger partial charge in [-0.25, -0.2) is 0 Å². The Morgan fingerprint density at radius 2 is 1.75 bits per heavy atom. The van der Waals surface area contributed by atoms with Crippen molar-refractivity contribution in [2.24, 2.45) is 17.6 Å². The molecule has 0 radical (unpaired) electrons.